The summed E-state index contributed by atoms with van der Waals surface area (Å²) in [6, 6.07) is 0. The Labute approximate surface area is 149 Å². The molecular weight excluding hydrogens is 296 g/mol. The number of ether oxygens (including phenoxy) is 1. The zero-order valence-corrected chi connectivity index (χ0v) is 16.2. The third-order valence-corrected chi connectivity index (χ3v) is 4.49. The third-order valence-electron chi connectivity index (χ3n) is 4.49. The lowest BCUT2D eigenvalue weighted by atomic mass is 10.1. The normalized spacial score (nSPS) is 15.3. The number of hydrogen-bond donors (Lipinski definition) is 0. The molecule has 1 aliphatic rings. The number of rotatable bonds is 12. The minimum absolute atomic E-state index is 0.0466. The van der Waals surface area contributed by atoms with Crippen LogP contribution in [0.1, 0.15) is 85.5 Å². The van der Waals surface area contributed by atoms with Crippen molar-refractivity contribution in [3.05, 3.63) is 34.9 Å². The monoisotopic (exact) mass is 332 g/mol. The Morgan fingerprint density at radius 3 is 2.17 bits per heavy atom. The average Bonchev–Trinajstić information content (AvgIpc) is 3.31. The summed E-state index contributed by atoms with van der Waals surface area (Å²) in [5.41, 5.74) is 4.15. The van der Waals surface area contributed by atoms with E-state index in [1.54, 1.807) is 0 Å². The molecule has 0 amide bonds. The van der Waals surface area contributed by atoms with Crippen molar-refractivity contribution in [1.82, 2.24) is 0 Å². The van der Waals surface area contributed by atoms with E-state index in [2.05, 4.69) is 39.8 Å². The van der Waals surface area contributed by atoms with Gasteiger partial charge in [0, 0.05) is 6.42 Å². The summed E-state index contributed by atoms with van der Waals surface area (Å²) in [5.74, 6) is 0.855. The molecule has 0 radical (unpaired) electrons. The highest BCUT2D eigenvalue weighted by atomic mass is 16.5. The molecule has 0 spiro atoms. The molecule has 0 aromatic rings. The minimum Gasteiger partial charge on any atom is -0.461 e. The number of carbonyl (C=O) groups is 1. The Hall–Kier alpha value is -1.31. The lowest BCUT2D eigenvalue weighted by Crippen LogP contribution is -2.04. The number of esters is 1. The van der Waals surface area contributed by atoms with Crippen molar-refractivity contribution in [2.75, 3.05) is 6.61 Å². The molecule has 0 heterocycles. The van der Waals surface area contributed by atoms with Crippen molar-refractivity contribution < 1.29 is 9.53 Å². The van der Waals surface area contributed by atoms with Gasteiger partial charge >= 0.3 is 5.97 Å². The van der Waals surface area contributed by atoms with Crippen LogP contribution >= 0.6 is 0 Å². The standard InChI is InChI=1S/C22H36O2/c1-18(2)8-5-9-19(3)10-6-11-20(4)16-17-24-22(23)13-7-12-21-14-15-21/h8,10,16,21H,5-7,9,11-15,17H2,1-4H3. The van der Waals surface area contributed by atoms with Gasteiger partial charge in [-0.15, -0.1) is 0 Å². The fourth-order valence-electron chi connectivity index (χ4n) is 2.63. The first-order valence-electron chi connectivity index (χ1n) is 9.57. The first kappa shape index (κ1) is 20.7. The van der Waals surface area contributed by atoms with Crippen molar-refractivity contribution in [3.8, 4) is 0 Å². The highest BCUT2D eigenvalue weighted by Gasteiger charge is 2.20. The van der Waals surface area contributed by atoms with Crippen LogP contribution in [0.5, 0.6) is 0 Å². The van der Waals surface area contributed by atoms with E-state index in [0.29, 0.717) is 13.0 Å². The molecule has 24 heavy (non-hydrogen) atoms. The van der Waals surface area contributed by atoms with Crippen LogP contribution in [-0.4, -0.2) is 12.6 Å². The Morgan fingerprint density at radius 2 is 1.54 bits per heavy atom. The molecule has 0 bridgehead atoms. The molecule has 136 valence electrons. The molecule has 0 aromatic heterocycles. The summed E-state index contributed by atoms with van der Waals surface area (Å²) in [4.78, 5) is 11.6. The lowest BCUT2D eigenvalue weighted by molar-refractivity contribution is -0.142. The molecule has 1 rings (SSSR count). The molecule has 0 aliphatic heterocycles. The fourth-order valence-corrected chi connectivity index (χ4v) is 2.63. The molecule has 1 fully saturated rings. The second-order valence-electron chi connectivity index (χ2n) is 7.48. The van der Waals surface area contributed by atoms with Gasteiger partial charge in [0.2, 0.25) is 0 Å². The van der Waals surface area contributed by atoms with Crippen LogP contribution in [0.25, 0.3) is 0 Å². The second kappa shape index (κ2) is 12.1. The smallest absolute Gasteiger partial charge is 0.306 e. The van der Waals surface area contributed by atoms with Crippen LogP contribution in [0.15, 0.2) is 34.9 Å². The van der Waals surface area contributed by atoms with Gasteiger partial charge in [-0.25, -0.2) is 0 Å². The molecule has 0 N–H and O–H groups in total. The van der Waals surface area contributed by atoms with E-state index in [4.69, 9.17) is 4.74 Å². The maximum absolute atomic E-state index is 11.6. The lowest BCUT2D eigenvalue weighted by Gasteiger charge is -2.04. The van der Waals surface area contributed by atoms with Crippen molar-refractivity contribution in [2.24, 2.45) is 5.92 Å². The summed E-state index contributed by atoms with van der Waals surface area (Å²) in [6.07, 6.45) is 16.6. The van der Waals surface area contributed by atoms with Crippen LogP contribution < -0.4 is 0 Å². The van der Waals surface area contributed by atoms with Gasteiger partial charge in [0.05, 0.1) is 0 Å². The van der Waals surface area contributed by atoms with Gasteiger partial charge in [-0.3, -0.25) is 4.79 Å². The largest absolute Gasteiger partial charge is 0.461 e. The minimum atomic E-state index is -0.0466. The van der Waals surface area contributed by atoms with Gasteiger partial charge < -0.3 is 4.74 Å². The molecular formula is C22H36O2. The Kier molecular flexibility index (Phi) is 10.5. The Morgan fingerprint density at radius 1 is 0.917 bits per heavy atom. The molecule has 0 saturated heterocycles. The van der Waals surface area contributed by atoms with Gasteiger partial charge in [-0.2, -0.15) is 0 Å². The van der Waals surface area contributed by atoms with E-state index in [9.17, 15) is 4.79 Å². The van der Waals surface area contributed by atoms with Crippen molar-refractivity contribution >= 4 is 5.97 Å². The number of hydrogen-bond acceptors (Lipinski definition) is 2. The van der Waals surface area contributed by atoms with Crippen molar-refractivity contribution in [1.29, 1.82) is 0 Å². The molecule has 0 atom stereocenters. The highest BCUT2D eigenvalue weighted by molar-refractivity contribution is 5.69. The quantitative estimate of drug-likeness (QED) is 0.300. The average molecular weight is 333 g/mol. The molecule has 1 saturated carbocycles. The summed E-state index contributed by atoms with van der Waals surface area (Å²) in [7, 11) is 0. The summed E-state index contributed by atoms with van der Waals surface area (Å²) in [5, 5.41) is 0. The number of allylic oxidation sites excluding steroid dienone is 5. The van der Waals surface area contributed by atoms with Gasteiger partial charge in [0.25, 0.3) is 0 Å². The predicted octanol–water partition coefficient (Wildman–Crippen LogP) is 6.53. The first-order valence-corrected chi connectivity index (χ1v) is 9.57. The summed E-state index contributed by atoms with van der Waals surface area (Å²) in [6.45, 7) is 9.05. The van der Waals surface area contributed by atoms with Crippen molar-refractivity contribution in [3.63, 3.8) is 0 Å². The van der Waals surface area contributed by atoms with E-state index in [1.165, 1.54) is 36.0 Å². The van der Waals surface area contributed by atoms with E-state index in [-0.39, 0.29) is 5.97 Å². The first-order chi connectivity index (χ1) is 11.5. The maximum atomic E-state index is 11.6. The maximum Gasteiger partial charge on any atom is 0.306 e. The van der Waals surface area contributed by atoms with Crippen LogP contribution in [0.4, 0.5) is 0 Å². The Balaban J connectivity index is 2.07. The van der Waals surface area contributed by atoms with Crippen LogP contribution in [-0.2, 0) is 9.53 Å². The van der Waals surface area contributed by atoms with Crippen LogP contribution in [0.2, 0.25) is 0 Å². The second-order valence-corrected chi connectivity index (χ2v) is 7.48. The number of carbonyl (C=O) groups excluding carboxylic acids is 1. The van der Waals surface area contributed by atoms with Crippen molar-refractivity contribution in [2.45, 2.75) is 85.5 Å². The van der Waals surface area contributed by atoms with Gasteiger partial charge in [0.15, 0.2) is 0 Å². The van der Waals surface area contributed by atoms with E-state index in [0.717, 1.165) is 38.0 Å². The van der Waals surface area contributed by atoms with Crippen LogP contribution in [0, 0.1) is 5.92 Å². The predicted molar refractivity (Wildman–Crippen MR) is 103 cm³/mol. The van der Waals surface area contributed by atoms with E-state index >= 15 is 0 Å². The van der Waals surface area contributed by atoms with Gasteiger partial charge in [0.1, 0.15) is 6.61 Å². The molecule has 2 nitrogen and oxygen atoms in total. The van der Waals surface area contributed by atoms with E-state index < -0.39 is 0 Å². The highest BCUT2D eigenvalue weighted by Crippen LogP contribution is 2.33. The third kappa shape index (κ3) is 12.2. The van der Waals surface area contributed by atoms with Gasteiger partial charge in [-0.05, 0) is 78.2 Å². The van der Waals surface area contributed by atoms with Gasteiger partial charge in [-0.1, -0.05) is 41.7 Å². The molecule has 0 unspecified atom stereocenters. The molecule has 1 aliphatic carbocycles. The fraction of sp³-hybridized carbons (Fsp3) is 0.682. The zero-order valence-electron chi connectivity index (χ0n) is 16.2. The SMILES string of the molecule is CC(C)=CCCC(C)=CCCC(C)=CCOC(=O)CCCC1CC1. The molecule has 0 aromatic carbocycles. The van der Waals surface area contributed by atoms with E-state index in [1.807, 2.05) is 6.08 Å². The Bertz CT molecular complexity index is 460. The van der Waals surface area contributed by atoms with Crippen LogP contribution in [0.3, 0.4) is 0 Å². The topological polar surface area (TPSA) is 26.3 Å². The zero-order chi connectivity index (χ0) is 17.8. The molecule has 2 heteroatoms. The summed E-state index contributed by atoms with van der Waals surface area (Å²) < 4.78 is 5.28. The summed E-state index contributed by atoms with van der Waals surface area (Å²) >= 11 is 0.